The highest BCUT2D eigenvalue weighted by Gasteiger charge is 2.04. The molecule has 18 heavy (non-hydrogen) atoms. The van der Waals surface area contributed by atoms with Crippen LogP contribution in [0.15, 0.2) is 60.7 Å². The minimum absolute atomic E-state index is 0.0201. The maximum atomic E-state index is 11.9. The van der Waals surface area contributed by atoms with Crippen LogP contribution in [-0.2, 0) is 0 Å². The van der Waals surface area contributed by atoms with Crippen molar-refractivity contribution < 1.29 is 9.53 Å². The van der Waals surface area contributed by atoms with Crippen LogP contribution in [0.4, 0.5) is 0 Å². The Hall–Kier alpha value is -2.09. The number of carbonyl (C=O) groups is 1. The standard InChI is InChI=1S/C16H16O2/c1-2-18-15-10-8-14(9-11-15)16(17)12-7-13-5-3-4-6-13/h3-13H,2H2,1H3/b12-7+. The van der Waals surface area contributed by atoms with Crippen LogP contribution in [0.3, 0.4) is 0 Å². The molecule has 0 fully saturated rings. The molecule has 1 aromatic carbocycles. The first-order valence-electron chi connectivity index (χ1n) is 6.10. The van der Waals surface area contributed by atoms with Gasteiger partial charge in [0, 0.05) is 11.5 Å². The van der Waals surface area contributed by atoms with E-state index in [2.05, 4.69) is 0 Å². The zero-order valence-electron chi connectivity index (χ0n) is 10.4. The monoisotopic (exact) mass is 240 g/mol. The molecule has 1 aromatic rings. The first-order valence-corrected chi connectivity index (χ1v) is 6.10. The van der Waals surface area contributed by atoms with E-state index < -0.39 is 0 Å². The normalized spacial score (nSPS) is 14.5. The molecule has 0 heterocycles. The van der Waals surface area contributed by atoms with Crippen molar-refractivity contribution in [1.29, 1.82) is 0 Å². The van der Waals surface area contributed by atoms with Crippen molar-refractivity contribution >= 4 is 5.78 Å². The number of carbonyl (C=O) groups excluding carboxylic acids is 1. The molecule has 0 aliphatic heterocycles. The molecule has 92 valence electrons. The fraction of sp³-hybridized carbons (Fsp3) is 0.188. The summed E-state index contributed by atoms with van der Waals surface area (Å²) in [5.41, 5.74) is 0.681. The van der Waals surface area contributed by atoms with Crippen LogP contribution < -0.4 is 4.74 Å². The van der Waals surface area contributed by atoms with Gasteiger partial charge < -0.3 is 4.74 Å². The number of hydrogen-bond donors (Lipinski definition) is 0. The predicted octanol–water partition coefficient (Wildman–Crippen LogP) is 3.57. The summed E-state index contributed by atoms with van der Waals surface area (Å²) in [6.45, 7) is 2.57. The fourth-order valence-corrected chi connectivity index (χ4v) is 1.75. The van der Waals surface area contributed by atoms with Gasteiger partial charge in [-0.1, -0.05) is 30.4 Å². The van der Waals surface area contributed by atoms with Crippen LogP contribution in [0.1, 0.15) is 17.3 Å². The molecule has 1 aliphatic rings. The Morgan fingerprint density at radius 1 is 1.22 bits per heavy atom. The topological polar surface area (TPSA) is 26.3 Å². The first-order chi connectivity index (χ1) is 8.79. The van der Waals surface area contributed by atoms with E-state index >= 15 is 0 Å². The molecule has 2 heteroatoms. The van der Waals surface area contributed by atoms with Crippen LogP contribution in [0.2, 0.25) is 0 Å². The average molecular weight is 240 g/mol. The summed E-state index contributed by atoms with van der Waals surface area (Å²) in [7, 11) is 0. The van der Waals surface area contributed by atoms with Crippen LogP contribution in [0.25, 0.3) is 0 Å². The minimum atomic E-state index is 0.0201. The SMILES string of the molecule is CCOc1ccc(C(=O)/C=C/C2C=CC=C2)cc1. The van der Waals surface area contributed by atoms with Crippen LogP contribution in [-0.4, -0.2) is 12.4 Å². The van der Waals surface area contributed by atoms with Gasteiger partial charge in [-0.3, -0.25) is 4.79 Å². The lowest BCUT2D eigenvalue weighted by atomic mass is 10.1. The maximum Gasteiger partial charge on any atom is 0.185 e. The molecule has 1 aliphatic carbocycles. The molecule has 0 saturated heterocycles. The maximum absolute atomic E-state index is 11.9. The predicted molar refractivity (Wildman–Crippen MR) is 72.9 cm³/mol. The third-order valence-corrected chi connectivity index (χ3v) is 2.70. The van der Waals surface area contributed by atoms with Gasteiger partial charge in [0.2, 0.25) is 0 Å². The van der Waals surface area contributed by atoms with Crippen molar-refractivity contribution in [2.45, 2.75) is 6.92 Å². The molecule has 0 N–H and O–H groups in total. The zero-order chi connectivity index (χ0) is 12.8. The van der Waals surface area contributed by atoms with E-state index in [1.807, 2.05) is 49.4 Å². The third kappa shape index (κ3) is 3.20. The van der Waals surface area contributed by atoms with Crippen LogP contribution in [0.5, 0.6) is 5.75 Å². The highest BCUT2D eigenvalue weighted by molar-refractivity contribution is 6.04. The second-order valence-electron chi connectivity index (χ2n) is 4.03. The summed E-state index contributed by atoms with van der Waals surface area (Å²) >= 11 is 0. The quantitative estimate of drug-likeness (QED) is 0.581. The minimum Gasteiger partial charge on any atom is -0.494 e. The van der Waals surface area contributed by atoms with Gasteiger partial charge in [0.05, 0.1) is 6.61 Å². The molecule has 0 aromatic heterocycles. The van der Waals surface area contributed by atoms with Gasteiger partial charge >= 0.3 is 0 Å². The molecule has 2 rings (SSSR count). The van der Waals surface area contributed by atoms with Gasteiger partial charge in [-0.15, -0.1) is 0 Å². The Morgan fingerprint density at radius 3 is 2.50 bits per heavy atom. The summed E-state index contributed by atoms with van der Waals surface area (Å²) in [5.74, 6) is 1.06. The molecule has 0 atom stereocenters. The average Bonchev–Trinajstić information content (AvgIpc) is 2.90. The Bertz CT molecular complexity index is 480. The Kier molecular flexibility index (Phi) is 4.13. The van der Waals surface area contributed by atoms with Gasteiger partial charge in [0.15, 0.2) is 5.78 Å². The number of ketones is 1. The second kappa shape index (κ2) is 6.01. The van der Waals surface area contributed by atoms with Gasteiger partial charge in [-0.2, -0.15) is 0 Å². The number of hydrogen-bond acceptors (Lipinski definition) is 2. The van der Waals surface area contributed by atoms with Crippen molar-refractivity contribution in [3.8, 4) is 5.75 Å². The molecule has 0 unspecified atom stereocenters. The highest BCUT2D eigenvalue weighted by Crippen LogP contribution is 2.14. The van der Waals surface area contributed by atoms with E-state index in [0.717, 1.165) is 5.75 Å². The molecule has 0 spiro atoms. The van der Waals surface area contributed by atoms with Gasteiger partial charge in [-0.25, -0.2) is 0 Å². The van der Waals surface area contributed by atoms with Crippen molar-refractivity contribution in [2.24, 2.45) is 5.92 Å². The second-order valence-corrected chi connectivity index (χ2v) is 4.03. The van der Waals surface area contributed by atoms with Gasteiger partial charge in [0.1, 0.15) is 5.75 Å². The summed E-state index contributed by atoms with van der Waals surface area (Å²) < 4.78 is 5.33. The molecule has 2 nitrogen and oxygen atoms in total. The molecule has 0 radical (unpaired) electrons. The van der Waals surface area contributed by atoms with E-state index in [0.29, 0.717) is 12.2 Å². The lowest BCUT2D eigenvalue weighted by molar-refractivity contribution is 0.104. The molecule has 0 amide bonds. The Balaban J connectivity index is 2.00. The third-order valence-electron chi connectivity index (χ3n) is 2.70. The largest absolute Gasteiger partial charge is 0.494 e. The molecular formula is C16H16O2. The first kappa shape index (κ1) is 12.4. The number of benzene rings is 1. The lowest BCUT2D eigenvalue weighted by Crippen LogP contribution is -1.96. The van der Waals surface area contributed by atoms with Crippen LogP contribution in [0, 0.1) is 5.92 Å². The Morgan fingerprint density at radius 2 is 1.89 bits per heavy atom. The van der Waals surface area contributed by atoms with Crippen LogP contribution >= 0.6 is 0 Å². The summed E-state index contributed by atoms with van der Waals surface area (Å²) in [5, 5.41) is 0. The van der Waals surface area contributed by atoms with E-state index in [1.165, 1.54) is 0 Å². The van der Waals surface area contributed by atoms with Crippen molar-refractivity contribution in [3.05, 3.63) is 66.3 Å². The molecular weight excluding hydrogens is 224 g/mol. The van der Waals surface area contributed by atoms with Crippen molar-refractivity contribution in [1.82, 2.24) is 0 Å². The lowest BCUT2D eigenvalue weighted by Gasteiger charge is -2.03. The van der Waals surface area contributed by atoms with Gasteiger partial charge in [0.25, 0.3) is 0 Å². The number of allylic oxidation sites excluding steroid dienone is 6. The zero-order valence-corrected chi connectivity index (χ0v) is 10.4. The molecule has 0 bridgehead atoms. The Labute approximate surface area is 107 Å². The fourth-order valence-electron chi connectivity index (χ4n) is 1.75. The summed E-state index contributed by atoms with van der Waals surface area (Å²) in [4.78, 5) is 11.9. The molecule has 0 saturated carbocycles. The van der Waals surface area contributed by atoms with E-state index in [4.69, 9.17) is 4.74 Å². The van der Waals surface area contributed by atoms with Crippen molar-refractivity contribution in [2.75, 3.05) is 6.61 Å². The summed E-state index contributed by atoms with van der Waals surface area (Å²) in [6, 6.07) is 7.22. The van der Waals surface area contributed by atoms with Gasteiger partial charge in [-0.05, 0) is 37.3 Å². The number of rotatable bonds is 5. The number of ether oxygens (including phenoxy) is 1. The smallest absolute Gasteiger partial charge is 0.185 e. The highest BCUT2D eigenvalue weighted by atomic mass is 16.5. The van der Waals surface area contributed by atoms with E-state index in [1.54, 1.807) is 18.2 Å². The van der Waals surface area contributed by atoms with E-state index in [-0.39, 0.29) is 11.7 Å². The summed E-state index contributed by atoms with van der Waals surface area (Å²) in [6.07, 6.45) is 11.6. The van der Waals surface area contributed by atoms with Crippen molar-refractivity contribution in [3.63, 3.8) is 0 Å². The van der Waals surface area contributed by atoms with E-state index in [9.17, 15) is 4.79 Å².